The van der Waals surface area contributed by atoms with E-state index in [-0.39, 0.29) is 29.9 Å². The standard InChI is InChI=1S/C29H28FNO3/c30-20-14-12-19(13-15-20)29(33)16-21-6-5-7-22(17-29)31(21)28(32)34-18-27-25-10-3-1-8-23(25)24-9-2-4-11-26(24)27/h1-4,8-15,21-22,27,33H,5-7,16-18H2. The molecule has 6 rings (SSSR count). The average Bonchev–Trinajstić information content (AvgIpc) is 3.16. The molecule has 0 saturated carbocycles. The molecule has 0 aromatic heterocycles. The molecule has 2 unspecified atom stereocenters. The molecular formula is C29H28FNO3. The molecule has 2 fully saturated rings. The molecule has 34 heavy (non-hydrogen) atoms. The minimum absolute atomic E-state index is 0.0251. The third-order valence-electron chi connectivity index (χ3n) is 7.94. The van der Waals surface area contributed by atoms with Gasteiger partial charge in [0, 0.05) is 30.8 Å². The zero-order valence-electron chi connectivity index (χ0n) is 19.0. The number of amides is 1. The molecule has 2 aliphatic heterocycles. The molecular weight excluding hydrogens is 429 g/mol. The van der Waals surface area contributed by atoms with E-state index in [1.807, 2.05) is 29.2 Å². The number of hydrogen-bond acceptors (Lipinski definition) is 3. The second-order valence-corrected chi connectivity index (χ2v) is 9.90. The number of carbonyl (C=O) groups excluding carboxylic acids is 1. The zero-order chi connectivity index (χ0) is 23.3. The van der Waals surface area contributed by atoms with Crippen molar-refractivity contribution in [1.82, 2.24) is 4.90 Å². The third kappa shape index (κ3) is 3.50. The van der Waals surface area contributed by atoms with E-state index in [0.29, 0.717) is 19.4 Å². The van der Waals surface area contributed by atoms with Crippen LogP contribution in [0.2, 0.25) is 0 Å². The Balaban J connectivity index is 1.20. The average molecular weight is 458 g/mol. The molecule has 1 aliphatic carbocycles. The van der Waals surface area contributed by atoms with Gasteiger partial charge in [-0.2, -0.15) is 0 Å². The fourth-order valence-corrected chi connectivity index (χ4v) is 6.39. The van der Waals surface area contributed by atoms with Gasteiger partial charge in [0.25, 0.3) is 0 Å². The van der Waals surface area contributed by atoms with Gasteiger partial charge in [-0.3, -0.25) is 0 Å². The summed E-state index contributed by atoms with van der Waals surface area (Å²) in [6, 6.07) is 22.6. The molecule has 0 spiro atoms. The Morgan fingerprint density at radius 1 is 0.912 bits per heavy atom. The molecule has 3 aromatic rings. The number of aliphatic hydroxyl groups is 1. The number of piperidine rings is 2. The Labute approximate surface area is 199 Å². The Morgan fingerprint density at radius 2 is 1.47 bits per heavy atom. The van der Waals surface area contributed by atoms with Crippen molar-refractivity contribution >= 4 is 6.09 Å². The summed E-state index contributed by atoms with van der Waals surface area (Å²) in [5.74, 6) is -0.291. The number of fused-ring (bicyclic) bond motifs is 5. The summed E-state index contributed by atoms with van der Waals surface area (Å²) in [7, 11) is 0. The quantitative estimate of drug-likeness (QED) is 0.526. The summed E-state index contributed by atoms with van der Waals surface area (Å²) in [6.07, 6.45) is 3.30. The fourth-order valence-electron chi connectivity index (χ4n) is 6.39. The molecule has 174 valence electrons. The van der Waals surface area contributed by atoms with Crippen molar-refractivity contribution in [2.45, 2.75) is 55.7 Å². The molecule has 4 nitrogen and oxygen atoms in total. The highest BCUT2D eigenvalue weighted by Gasteiger charge is 2.48. The molecule has 2 heterocycles. The van der Waals surface area contributed by atoms with E-state index in [0.717, 1.165) is 24.8 Å². The highest BCUT2D eigenvalue weighted by atomic mass is 19.1. The van der Waals surface area contributed by atoms with Gasteiger partial charge in [-0.05, 0) is 59.2 Å². The number of hydrogen-bond donors (Lipinski definition) is 1. The second kappa shape index (κ2) is 8.24. The Hall–Kier alpha value is -3.18. The summed E-state index contributed by atoms with van der Waals surface area (Å²) < 4.78 is 19.4. The molecule has 1 amide bonds. The van der Waals surface area contributed by atoms with Gasteiger partial charge in [0.05, 0.1) is 5.60 Å². The monoisotopic (exact) mass is 457 g/mol. The molecule has 5 heteroatoms. The number of nitrogens with zero attached hydrogens (tertiary/aromatic N) is 1. The smallest absolute Gasteiger partial charge is 0.410 e. The third-order valence-corrected chi connectivity index (χ3v) is 7.94. The van der Waals surface area contributed by atoms with Crippen LogP contribution in [0.3, 0.4) is 0 Å². The maximum atomic E-state index is 13.4. The predicted octanol–water partition coefficient (Wildman–Crippen LogP) is 5.98. The number of halogens is 1. The van der Waals surface area contributed by atoms with Crippen molar-refractivity contribution in [2.24, 2.45) is 0 Å². The van der Waals surface area contributed by atoms with Gasteiger partial charge in [-0.15, -0.1) is 0 Å². The minimum Gasteiger partial charge on any atom is -0.448 e. The molecule has 1 N–H and O–H groups in total. The lowest BCUT2D eigenvalue weighted by atomic mass is 9.72. The van der Waals surface area contributed by atoms with Crippen LogP contribution in [0.1, 0.15) is 54.7 Å². The number of rotatable bonds is 3. The fraction of sp³-hybridized carbons (Fsp3) is 0.345. The number of benzene rings is 3. The van der Waals surface area contributed by atoms with Crippen LogP contribution >= 0.6 is 0 Å². The Kier molecular flexibility index (Phi) is 5.18. The highest BCUT2D eigenvalue weighted by Crippen LogP contribution is 2.46. The van der Waals surface area contributed by atoms with Gasteiger partial charge < -0.3 is 14.7 Å². The van der Waals surface area contributed by atoms with Crippen LogP contribution in [-0.2, 0) is 10.3 Å². The van der Waals surface area contributed by atoms with Crippen molar-refractivity contribution in [3.05, 3.63) is 95.3 Å². The van der Waals surface area contributed by atoms with Crippen LogP contribution in [-0.4, -0.2) is 34.8 Å². The van der Waals surface area contributed by atoms with Gasteiger partial charge >= 0.3 is 6.09 Å². The lowest BCUT2D eigenvalue weighted by Gasteiger charge is -2.51. The van der Waals surface area contributed by atoms with Crippen LogP contribution in [0.4, 0.5) is 9.18 Å². The first-order chi connectivity index (χ1) is 16.5. The first-order valence-corrected chi connectivity index (χ1v) is 12.2. The van der Waals surface area contributed by atoms with Gasteiger partial charge in [0.1, 0.15) is 12.4 Å². The van der Waals surface area contributed by atoms with Crippen LogP contribution in [0.15, 0.2) is 72.8 Å². The summed E-state index contributed by atoms with van der Waals surface area (Å²) >= 11 is 0. The SMILES string of the molecule is O=C(OCC1c2ccccc2-c2ccccc21)N1C2CCCC1CC(O)(c1ccc(F)cc1)C2. The lowest BCUT2D eigenvalue weighted by Crippen LogP contribution is -2.59. The molecule has 2 bridgehead atoms. The minimum atomic E-state index is -1.05. The maximum absolute atomic E-state index is 13.4. The van der Waals surface area contributed by atoms with Gasteiger partial charge in [0.2, 0.25) is 0 Å². The summed E-state index contributed by atoms with van der Waals surface area (Å²) in [6.45, 7) is 0.297. The number of carbonyl (C=O) groups is 1. The first-order valence-electron chi connectivity index (χ1n) is 12.2. The van der Waals surface area contributed by atoms with Crippen molar-refractivity contribution < 1.29 is 19.0 Å². The van der Waals surface area contributed by atoms with Crippen LogP contribution in [0.25, 0.3) is 11.1 Å². The van der Waals surface area contributed by atoms with Crippen molar-refractivity contribution in [3.63, 3.8) is 0 Å². The highest BCUT2D eigenvalue weighted by molar-refractivity contribution is 5.79. The summed E-state index contributed by atoms with van der Waals surface area (Å²) in [5, 5.41) is 11.5. The van der Waals surface area contributed by atoms with E-state index in [4.69, 9.17) is 4.74 Å². The molecule has 2 atom stereocenters. The van der Waals surface area contributed by atoms with Crippen LogP contribution in [0.5, 0.6) is 0 Å². The predicted molar refractivity (Wildman–Crippen MR) is 128 cm³/mol. The van der Waals surface area contributed by atoms with E-state index in [2.05, 4.69) is 24.3 Å². The van der Waals surface area contributed by atoms with Crippen molar-refractivity contribution in [1.29, 1.82) is 0 Å². The Morgan fingerprint density at radius 3 is 2.06 bits per heavy atom. The van der Waals surface area contributed by atoms with Gasteiger partial charge in [-0.25, -0.2) is 9.18 Å². The van der Waals surface area contributed by atoms with Crippen molar-refractivity contribution in [3.8, 4) is 11.1 Å². The topological polar surface area (TPSA) is 49.8 Å². The van der Waals surface area contributed by atoms with E-state index < -0.39 is 5.60 Å². The Bertz CT molecular complexity index is 1160. The molecule has 3 aromatic carbocycles. The van der Waals surface area contributed by atoms with Gasteiger partial charge in [0.15, 0.2) is 0 Å². The summed E-state index contributed by atoms with van der Waals surface area (Å²) in [4.78, 5) is 15.2. The van der Waals surface area contributed by atoms with Crippen molar-refractivity contribution in [2.75, 3.05) is 6.61 Å². The lowest BCUT2D eigenvalue weighted by molar-refractivity contribution is -0.0891. The van der Waals surface area contributed by atoms with E-state index in [9.17, 15) is 14.3 Å². The van der Waals surface area contributed by atoms with Crippen LogP contribution in [0, 0.1) is 5.82 Å². The first kappa shape index (κ1) is 21.4. The molecule has 2 saturated heterocycles. The van der Waals surface area contributed by atoms with E-state index in [1.54, 1.807) is 12.1 Å². The normalized spacial score (nSPS) is 25.5. The molecule has 0 radical (unpaired) electrons. The largest absolute Gasteiger partial charge is 0.448 e. The second-order valence-electron chi connectivity index (χ2n) is 9.90. The molecule has 3 aliphatic rings. The maximum Gasteiger partial charge on any atom is 0.410 e. The van der Waals surface area contributed by atoms with E-state index in [1.165, 1.54) is 34.4 Å². The summed E-state index contributed by atoms with van der Waals surface area (Å²) in [5.41, 5.74) is 4.47. The van der Waals surface area contributed by atoms with E-state index >= 15 is 0 Å². The van der Waals surface area contributed by atoms with Gasteiger partial charge in [-0.1, -0.05) is 60.7 Å². The zero-order valence-corrected chi connectivity index (χ0v) is 19.0. The van der Waals surface area contributed by atoms with Crippen LogP contribution < -0.4 is 0 Å². The number of ether oxygens (including phenoxy) is 1.